The molecule has 0 saturated carbocycles. The van der Waals surface area contributed by atoms with Gasteiger partial charge in [-0.25, -0.2) is 4.28 Å². The van der Waals surface area contributed by atoms with Crippen LogP contribution >= 0.6 is 0 Å². The fourth-order valence-electron chi connectivity index (χ4n) is 0.228. The van der Waals surface area contributed by atoms with Gasteiger partial charge in [-0.15, -0.1) is 4.91 Å². The van der Waals surface area contributed by atoms with Crippen LogP contribution in [0.5, 0.6) is 0 Å². The molecule has 0 fully saturated rings. The maximum absolute atomic E-state index is 10.2. The van der Waals surface area contributed by atoms with Crippen LogP contribution in [0.2, 0.25) is 0 Å². The van der Waals surface area contributed by atoms with Gasteiger partial charge in [0.25, 0.3) is 0 Å². The Morgan fingerprint density at radius 2 is 2.11 bits per heavy atom. The zero-order valence-corrected chi connectivity index (χ0v) is 5.30. The van der Waals surface area contributed by atoms with E-state index in [0.29, 0.717) is 0 Å². The van der Waals surface area contributed by atoms with E-state index in [4.69, 9.17) is 5.73 Å². The summed E-state index contributed by atoms with van der Waals surface area (Å²) in [6.45, 7) is -0.0855. The van der Waals surface area contributed by atoms with Crippen molar-refractivity contribution in [2.75, 3.05) is 12.3 Å². The summed E-state index contributed by atoms with van der Waals surface area (Å²) in [6, 6.07) is 0. The second-order valence-corrected chi connectivity index (χ2v) is 2.87. The number of hydrogen-bond donors (Lipinski definition) is 1. The van der Waals surface area contributed by atoms with Crippen molar-refractivity contribution in [3.05, 3.63) is 4.91 Å². The number of hydrogen-bond acceptors (Lipinski definition) is 6. The Morgan fingerprint density at radius 3 is 2.44 bits per heavy atom. The highest BCUT2D eigenvalue weighted by Crippen LogP contribution is 1.90. The van der Waals surface area contributed by atoms with Gasteiger partial charge in [0.2, 0.25) is 0 Å². The SMILES string of the molecule is NCCS(=O)(=O)ON=O. The van der Waals surface area contributed by atoms with E-state index in [-0.39, 0.29) is 6.54 Å². The Kier molecular flexibility index (Phi) is 3.10. The van der Waals surface area contributed by atoms with Crippen molar-refractivity contribution in [1.82, 2.24) is 0 Å². The predicted octanol–water partition coefficient (Wildman–Crippen LogP) is -1.03. The van der Waals surface area contributed by atoms with Gasteiger partial charge in [-0.1, -0.05) is 0 Å². The molecule has 0 spiro atoms. The van der Waals surface area contributed by atoms with Crippen molar-refractivity contribution in [3.8, 4) is 0 Å². The quantitative estimate of drug-likeness (QED) is 0.412. The lowest BCUT2D eigenvalue weighted by molar-refractivity contribution is 0.333. The van der Waals surface area contributed by atoms with Crippen molar-refractivity contribution in [2.24, 2.45) is 11.1 Å². The van der Waals surface area contributed by atoms with Gasteiger partial charge in [-0.05, 0) is 0 Å². The van der Waals surface area contributed by atoms with Crippen molar-refractivity contribution in [1.29, 1.82) is 0 Å². The summed E-state index contributed by atoms with van der Waals surface area (Å²) in [4.78, 5) is 9.20. The Hall–Kier alpha value is -0.690. The molecule has 0 aromatic heterocycles. The van der Waals surface area contributed by atoms with Crippen LogP contribution in [-0.4, -0.2) is 20.7 Å². The molecule has 6 nitrogen and oxygen atoms in total. The van der Waals surface area contributed by atoms with E-state index in [2.05, 4.69) is 4.28 Å². The molecule has 0 unspecified atom stereocenters. The maximum atomic E-state index is 10.2. The second-order valence-electron chi connectivity index (χ2n) is 1.20. The van der Waals surface area contributed by atoms with E-state index in [1.165, 1.54) is 0 Å². The zero-order valence-electron chi connectivity index (χ0n) is 4.48. The molecule has 2 N–H and O–H groups in total. The van der Waals surface area contributed by atoms with E-state index in [1.807, 2.05) is 0 Å². The summed E-state index contributed by atoms with van der Waals surface area (Å²) in [5, 5.41) is 1.73. The van der Waals surface area contributed by atoms with Gasteiger partial charge in [0.1, 0.15) is 5.75 Å². The van der Waals surface area contributed by atoms with Gasteiger partial charge < -0.3 is 5.73 Å². The van der Waals surface area contributed by atoms with Crippen LogP contribution in [0.3, 0.4) is 0 Å². The van der Waals surface area contributed by atoms with E-state index in [1.54, 1.807) is 5.34 Å². The van der Waals surface area contributed by atoms with E-state index in [9.17, 15) is 13.3 Å². The molecule has 0 aromatic rings. The van der Waals surface area contributed by atoms with Crippen LogP contribution in [0.25, 0.3) is 0 Å². The Morgan fingerprint density at radius 1 is 1.56 bits per heavy atom. The minimum atomic E-state index is -3.79. The molecule has 0 bridgehead atoms. The molecule has 0 aliphatic carbocycles. The first-order chi connectivity index (χ1) is 4.12. The zero-order chi connectivity index (χ0) is 7.33. The number of nitrogens with two attached hydrogens (primary N) is 1. The van der Waals surface area contributed by atoms with Crippen LogP contribution in [-0.2, 0) is 14.4 Å². The number of rotatable bonds is 4. The first kappa shape index (κ1) is 8.31. The van der Waals surface area contributed by atoms with Crippen LogP contribution in [0, 0.1) is 4.91 Å². The van der Waals surface area contributed by atoms with Gasteiger partial charge in [0.15, 0.2) is 5.34 Å². The standard InChI is InChI=1S/C2H6N2O4S/c3-1-2-9(6,7)8-4-5/h1-3H2. The average Bonchev–Trinajstić information content (AvgIpc) is 1.64. The predicted molar refractivity (Wildman–Crippen MR) is 29.7 cm³/mol. The Balaban J connectivity index is 3.88. The third-order valence-electron chi connectivity index (χ3n) is 0.512. The van der Waals surface area contributed by atoms with E-state index >= 15 is 0 Å². The van der Waals surface area contributed by atoms with Crippen LogP contribution in [0.4, 0.5) is 0 Å². The minimum Gasteiger partial charge on any atom is -0.329 e. The molecule has 0 aliphatic heterocycles. The maximum Gasteiger partial charge on any atom is 0.333 e. The summed E-state index contributed by atoms with van der Waals surface area (Å²) in [7, 11) is -3.79. The molecule has 7 heteroatoms. The molecule has 54 valence electrons. The third-order valence-corrected chi connectivity index (χ3v) is 1.54. The molecule has 0 aliphatic rings. The molecule has 0 rings (SSSR count). The second kappa shape index (κ2) is 3.36. The molecule has 0 radical (unpaired) electrons. The van der Waals surface area contributed by atoms with E-state index in [0.717, 1.165) is 0 Å². The molecule has 0 heterocycles. The van der Waals surface area contributed by atoms with Crippen molar-refractivity contribution >= 4 is 10.1 Å². The highest BCUT2D eigenvalue weighted by Gasteiger charge is 2.09. The molecule has 0 atom stereocenters. The molecule has 0 saturated heterocycles. The molecule has 9 heavy (non-hydrogen) atoms. The summed E-state index contributed by atoms with van der Waals surface area (Å²) in [6.07, 6.45) is 0. The van der Waals surface area contributed by atoms with Gasteiger partial charge >= 0.3 is 10.1 Å². The Labute approximate surface area is 52.0 Å². The first-order valence-corrected chi connectivity index (χ1v) is 3.64. The topological polar surface area (TPSA) is 98.8 Å². The molecular formula is C2H6N2O4S. The molecule has 0 aromatic carbocycles. The van der Waals surface area contributed by atoms with Gasteiger partial charge in [0.05, 0.1) is 0 Å². The highest BCUT2D eigenvalue weighted by atomic mass is 32.2. The van der Waals surface area contributed by atoms with Crippen molar-refractivity contribution < 1.29 is 12.7 Å². The summed E-state index contributed by atoms with van der Waals surface area (Å²) in [5.41, 5.74) is 4.84. The molecular weight excluding hydrogens is 148 g/mol. The van der Waals surface area contributed by atoms with Crippen LogP contribution < -0.4 is 5.73 Å². The fraction of sp³-hybridized carbons (Fsp3) is 1.00. The fourth-order valence-corrected chi connectivity index (χ4v) is 0.684. The molecule has 0 amide bonds. The number of nitrogens with zero attached hydrogens (tertiary/aromatic N) is 1. The van der Waals surface area contributed by atoms with E-state index < -0.39 is 15.9 Å². The summed E-state index contributed by atoms with van der Waals surface area (Å²) in [5.74, 6) is -0.390. The first-order valence-electron chi connectivity index (χ1n) is 2.06. The van der Waals surface area contributed by atoms with Crippen molar-refractivity contribution in [3.63, 3.8) is 0 Å². The minimum absolute atomic E-state index is 0.0855. The normalized spacial score (nSPS) is 10.8. The average molecular weight is 154 g/mol. The van der Waals surface area contributed by atoms with Gasteiger partial charge in [0, 0.05) is 6.54 Å². The summed E-state index contributed by atoms with van der Waals surface area (Å²) < 4.78 is 23.9. The lowest BCUT2D eigenvalue weighted by Crippen LogP contribution is -2.15. The van der Waals surface area contributed by atoms with Gasteiger partial charge in [-0.3, -0.25) is 0 Å². The lowest BCUT2D eigenvalue weighted by atomic mass is 10.8. The smallest absolute Gasteiger partial charge is 0.329 e. The van der Waals surface area contributed by atoms with Crippen LogP contribution in [0.15, 0.2) is 5.34 Å². The van der Waals surface area contributed by atoms with Gasteiger partial charge in [-0.2, -0.15) is 8.42 Å². The Bertz CT molecular complexity index is 173. The van der Waals surface area contributed by atoms with Crippen molar-refractivity contribution in [2.45, 2.75) is 0 Å². The lowest BCUT2D eigenvalue weighted by Gasteiger charge is -1.92. The monoisotopic (exact) mass is 154 g/mol. The highest BCUT2D eigenvalue weighted by molar-refractivity contribution is 7.86. The summed E-state index contributed by atoms with van der Waals surface area (Å²) >= 11 is 0. The third kappa shape index (κ3) is 3.86. The van der Waals surface area contributed by atoms with Crippen LogP contribution in [0.1, 0.15) is 0 Å². The largest absolute Gasteiger partial charge is 0.333 e.